The summed E-state index contributed by atoms with van der Waals surface area (Å²) in [6, 6.07) is 0. The summed E-state index contributed by atoms with van der Waals surface area (Å²) < 4.78 is 0. The molecule has 0 heterocycles. The normalized spacial score (nSPS) is 11.0. The Morgan fingerprint density at radius 2 is 2.00 bits per heavy atom. The summed E-state index contributed by atoms with van der Waals surface area (Å²) in [4.78, 5) is 0. The highest BCUT2D eigenvalue weighted by atomic mass is 13.9. The van der Waals surface area contributed by atoms with Crippen LogP contribution in [-0.4, -0.2) is 0 Å². The summed E-state index contributed by atoms with van der Waals surface area (Å²) in [5, 5.41) is 0. The highest BCUT2D eigenvalue weighted by Crippen LogP contribution is 2.03. The van der Waals surface area contributed by atoms with Crippen LogP contribution in [0.2, 0.25) is 0 Å². The molecule has 0 aromatic rings. The summed E-state index contributed by atoms with van der Waals surface area (Å²) in [5.41, 5.74) is 0. The first kappa shape index (κ1) is 9.74. The second kappa shape index (κ2) is 8.74. The van der Waals surface area contributed by atoms with Gasteiger partial charge in [-0.3, -0.25) is 0 Å². The predicted molar refractivity (Wildman–Crippen MR) is 47.9 cm³/mol. The third kappa shape index (κ3) is 7.74. The number of hydrogen-bond donors (Lipinski definition) is 0. The number of unbranched alkanes of at least 4 members (excludes halogenated alkanes) is 5. The molecule has 0 nitrogen and oxygen atoms in total. The van der Waals surface area contributed by atoms with Crippen molar-refractivity contribution in [1.29, 1.82) is 0 Å². The number of hydrogen-bond acceptors (Lipinski definition) is 0. The molecule has 0 N–H and O–H groups in total. The standard InChI is InChI=1S/C10H19/c1-3-5-7-9-10-8-6-4-2/h3,5,9H,4,6-8,10H2,1-2H3. The van der Waals surface area contributed by atoms with E-state index in [0.29, 0.717) is 0 Å². The molecule has 0 aliphatic heterocycles. The molecule has 0 bridgehead atoms. The van der Waals surface area contributed by atoms with Gasteiger partial charge in [-0.15, -0.1) is 0 Å². The molecule has 0 heteroatoms. The SMILES string of the molecule is CC=CC[CH]CCCCC. The Bertz CT molecular complexity index is 72.1. The summed E-state index contributed by atoms with van der Waals surface area (Å²) >= 11 is 0. The lowest BCUT2D eigenvalue weighted by Gasteiger charge is -1.94. The molecule has 0 aromatic heterocycles. The van der Waals surface area contributed by atoms with Crippen LogP contribution >= 0.6 is 0 Å². The van der Waals surface area contributed by atoms with Gasteiger partial charge in [0.2, 0.25) is 0 Å². The average molecular weight is 139 g/mol. The Labute approximate surface area is 65.3 Å². The van der Waals surface area contributed by atoms with Crippen molar-refractivity contribution in [3.63, 3.8) is 0 Å². The van der Waals surface area contributed by atoms with Gasteiger partial charge >= 0.3 is 0 Å². The van der Waals surface area contributed by atoms with Gasteiger partial charge in [-0.2, -0.15) is 0 Å². The molecule has 0 amide bonds. The Hall–Kier alpha value is -0.260. The quantitative estimate of drug-likeness (QED) is 0.388. The van der Waals surface area contributed by atoms with E-state index in [0.717, 1.165) is 6.42 Å². The second-order valence-electron chi connectivity index (χ2n) is 2.59. The van der Waals surface area contributed by atoms with Crippen molar-refractivity contribution in [2.75, 3.05) is 0 Å². The van der Waals surface area contributed by atoms with Crippen LogP contribution in [0.15, 0.2) is 12.2 Å². The van der Waals surface area contributed by atoms with Gasteiger partial charge in [0.25, 0.3) is 0 Å². The van der Waals surface area contributed by atoms with E-state index in [1.165, 1.54) is 25.7 Å². The van der Waals surface area contributed by atoms with E-state index >= 15 is 0 Å². The fourth-order valence-corrected chi connectivity index (χ4v) is 0.889. The van der Waals surface area contributed by atoms with Crippen molar-refractivity contribution < 1.29 is 0 Å². The molecule has 10 heavy (non-hydrogen) atoms. The monoisotopic (exact) mass is 139 g/mol. The number of rotatable bonds is 6. The molecule has 0 rings (SSSR count). The molecular formula is C10H19. The molecule has 0 saturated heterocycles. The van der Waals surface area contributed by atoms with Crippen molar-refractivity contribution >= 4 is 0 Å². The van der Waals surface area contributed by atoms with Crippen LogP contribution < -0.4 is 0 Å². The maximum Gasteiger partial charge on any atom is -0.0320 e. The molecule has 1 radical (unpaired) electrons. The molecule has 0 aliphatic carbocycles. The van der Waals surface area contributed by atoms with Gasteiger partial charge in [-0.05, 0) is 26.2 Å². The van der Waals surface area contributed by atoms with Crippen LogP contribution in [0.3, 0.4) is 0 Å². The summed E-state index contributed by atoms with van der Waals surface area (Å²) in [6.07, 6.45) is 13.2. The van der Waals surface area contributed by atoms with E-state index in [2.05, 4.69) is 32.4 Å². The van der Waals surface area contributed by atoms with Crippen molar-refractivity contribution in [3.05, 3.63) is 18.6 Å². The zero-order chi connectivity index (χ0) is 7.66. The smallest absolute Gasteiger partial charge is 0.0320 e. The van der Waals surface area contributed by atoms with Crippen molar-refractivity contribution in [2.45, 2.75) is 46.0 Å². The Morgan fingerprint density at radius 3 is 2.60 bits per heavy atom. The van der Waals surface area contributed by atoms with Crippen LogP contribution in [0.25, 0.3) is 0 Å². The Kier molecular flexibility index (Phi) is 8.51. The zero-order valence-corrected chi connectivity index (χ0v) is 7.27. The minimum Gasteiger partial charge on any atom is -0.0917 e. The van der Waals surface area contributed by atoms with E-state index in [1.54, 1.807) is 0 Å². The molecule has 0 unspecified atom stereocenters. The maximum absolute atomic E-state index is 2.36. The highest BCUT2D eigenvalue weighted by Gasteiger charge is 1.85. The predicted octanol–water partition coefficient (Wildman–Crippen LogP) is 3.74. The fraction of sp³-hybridized carbons (Fsp3) is 0.700. The lowest BCUT2D eigenvalue weighted by Crippen LogP contribution is -1.76. The van der Waals surface area contributed by atoms with Crippen molar-refractivity contribution in [3.8, 4) is 0 Å². The molecule has 0 spiro atoms. The molecule has 0 fully saturated rings. The minimum absolute atomic E-state index is 1.15. The molecule has 59 valence electrons. The topological polar surface area (TPSA) is 0 Å². The fourth-order valence-electron chi connectivity index (χ4n) is 0.889. The zero-order valence-electron chi connectivity index (χ0n) is 7.27. The van der Waals surface area contributed by atoms with Gasteiger partial charge in [0.05, 0.1) is 0 Å². The van der Waals surface area contributed by atoms with E-state index in [9.17, 15) is 0 Å². The average Bonchev–Trinajstić information content (AvgIpc) is 1.97. The van der Waals surface area contributed by atoms with Crippen LogP contribution in [0, 0.1) is 6.42 Å². The lowest BCUT2D eigenvalue weighted by atomic mass is 10.1. The van der Waals surface area contributed by atoms with Gasteiger partial charge in [0.1, 0.15) is 0 Å². The van der Waals surface area contributed by atoms with E-state index in [-0.39, 0.29) is 0 Å². The number of allylic oxidation sites excluding steroid dienone is 2. The van der Waals surface area contributed by atoms with Crippen LogP contribution in [0.4, 0.5) is 0 Å². The minimum atomic E-state index is 1.15. The van der Waals surface area contributed by atoms with Gasteiger partial charge < -0.3 is 0 Å². The summed E-state index contributed by atoms with van der Waals surface area (Å²) in [7, 11) is 0. The molecule has 0 atom stereocenters. The summed E-state index contributed by atoms with van der Waals surface area (Å²) in [6.45, 7) is 4.31. The lowest BCUT2D eigenvalue weighted by molar-refractivity contribution is 0.704. The van der Waals surface area contributed by atoms with Crippen LogP contribution in [0.5, 0.6) is 0 Å². The van der Waals surface area contributed by atoms with Gasteiger partial charge in [0.15, 0.2) is 0 Å². The third-order valence-corrected chi connectivity index (χ3v) is 1.55. The van der Waals surface area contributed by atoms with Gasteiger partial charge in [-0.25, -0.2) is 0 Å². The van der Waals surface area contributed by atoms with E-state index < -0.39 is 0 Å². The Balaban J connectivity index is 2.77. The molecule has 0 saturated carbocycles. The van der Waals surface area contributed by atoms with Crippen molar-refractivity contribution in [2.24, 2.45) is 0 Å². The summed E-state index contributed by atoms with van der Waals surface area (Å²) in [5.74, 6) is 0. The maximum atomic E-state index is 2.36. The van der Waals surface area contributed by atoms with Crippen molar-refractivity contribution in [1.82, 2.24) is 0 Å². The van der Waals surface area contributed by atoms with Gasteiger partial charge in [-0.1, -0.05) is 38.3 Å². The second-order valence-corrected chi connectivity index (χ2v) is 2.59. The molecule has 0 aliphatic rings. The first-order chi connectivity index (χ1) is 4.91. The first-order valence-electron chi connectivity index (χ1n) is 4.34. The molecular weight excluding hydrogens is 120 g/mol. The van der Waals surface area contributed by atoms with Crippen LogP contribution in [-0.2, 0) is 0 Å². The largest absolute Gasteiger partial charge is 0.0917 e. The first-order valence-corrected chi connectivity index (χ1v) is 4.34. The molecule has 0 aromatic carbocycles. The van der Waals surface area contributed by atoms with Gasteiger partial charge in [0, 0.05) is 0 Å². The highest BCUT2D eigenvalue weighted by molar-refractivity contribution is 4.83. The van der Waals surface area contributed by atoms with E-state index in [1.807, 2.05) is 0 Å². The Morgan fingerprint density at radius 1 is 1.20 bits per heavy atom. The van der Waals surface area contributed by atoms with E-state index in [4.69, 9.17) is 0 Å². The third-order valence-electron chi connectivity index (χ3n) is 1.55. The van der Waals surface area contributed by atoms with Crippen LogP contribution in [0.1, 0.15) is 46.0 Å².